The van der Waals surface area contributed by atoms with Crippen molar-refractivity contribution in [3.63, 3.8) is 0 Å². The second kappa shape index (κ2) is 4.30. The lowest BCUT2D eigenvalue weighted by atomic mass is 10.2. The lowest BCUT2D eigenvalue weighted by molar-refractivity contribution is 0.584. The molecule has 0 aliphatic rings. The van der Waals surface area contributed by atoms with Crippen molar-refractivity contribution in [2.24, 2.45) is 7.05 Å². The Balaban J connectivity index is 2.05. The first-order valence-corrected chi connectivity index (χ1v) is 4.99. The molecule has 2 heterocycles. The minimum atomic E-state index is -0.479. The quantitative estimate of drug-likeness (QED) is 0.803. The van der Waals surface area contributed by atoms with Crippen molar-refractivity contribution >= 4 is 5.69 Å². The highest BCUT2D eigenvalue weighted by Crippen LogP contribution is 2.11. The van der Waals surface area contributed by atoms with Crippen LogP contribution in [0.2, 0.25) is 0 Å². The predicted molar refractivity (Wildman–Crippen MR) is 59.5 cm³/mol. The van der Waals surface area contributed by atoms with E-state index in [4.69, 9.17) is 0 Å². The molecule has 0 aliphatic carbocycles. The monoisotopic (exact) mass is 220 g/mol. The molecule has 5 heteroatoms. The molecule has 2 aromatic rings. The van der Waals surface area contributed by atoms with E-state index in [0.717, 1.165) is 16.9 Å². The molecule has 16 heavy (non-hydrogen) atoms. The molecule has 2 aromatic heterocycles. The third-order valence-corrected chi connectivity index (χ3v) is 2.32. The maximum Gasteiger partial charge on any atom is 0.214 e. The molecule has 0 bridgehead atoms. The first-order chi connectivity index (χ1) is 7.65. The summed E-state index contributed by atoms with van der Waals surface area (Å²) in [6.07, 6.45) is 3.38. The zero-order valence-electron chi connectivity index (χ0n) is 9.24. The zero-order chi connectivity index (χ0) is 11.5. The second-order valence-corrected chi connectivity index (χ2v) is 3.63. The summed E-state index contributed by atoms with van der Waals surface area (Å²) >= 11 is 0. The van der Waals surface area contributed by atoms with Crippen LogP contribution in [0.5, 0.6) is 0 Å². The van der Waals surface area contributed by atoms with Gasteiger partial charge in [-0.2, -0.15) is 9.49 Å². The van der Waals surface area contributed by atoms with Gasteiger partial charge in [-0.05, 0) is 13.0 Å². The third-order valence-electron chi connectivity index (χ3n) is 2.32. The molecule has 0 radical (unpaired) electrons. The highest BCUT2D eigenvalue weighted by atomic mass is 19.1. The van der Waals surface area contributed by atoms with Gasteiger partial charge in [0.25, 0.3) is 0 Å². The molecule has 0 spiro atoms. The molecule has 2 rings (SSSR count). The second-order valence-electron chi connectivity index (χ2n) is 3.63. The van der Waals surface area contributed by atoms with Gasteiger partial charge in [0, 0.05) is 43.3 Å². The number of hydrogen-bond acceptors (Lipinski definition) is 3. The van der Waals surface area contributed by atoms with Crippen molar-refractivity contribution in [2.75, 3.05) is 5.32 Å². The fourth-order valence-corrected chi connectivity index (χ4v) is 1.53. The summed E-state index contributed by atoms with van der Waals surface area (Å²) in [5, 5.41) is 7.35. The maximum absolute atomic E-state index is 12.8. The van der Waals surface area contributed by atoms with Gasteiger partial charge in [0.2, 0.25) is 5.95 Å². The summed E-state index contributed by atoms with van der Waals surface area (Å²) in [4.78, 5) is 3.49. The lowest BCUT2D eigenvalue weighted by Crippen LogP contribution is -2.00. The number of aryl methyl sites for hydroxylation is 2. The molecule has 0 saturated carbocycles. The Hall–Kier alpha value is -1.91. The topological polar surface area (TPSA) is 42.7 Å². The van der Waals surface area contributed by atoms with Crippen molar-refractivity contribution in [3.8, 4) is 0 Å². The summed E-state index contributed by atoms with van der Waals surface area (Å²) in [7, 11) is 1.88. The average molecular weight is 220 g/mol. The van der Waals surface area contributed by atoms with Crippen LogP contribution in [0.15, 0.2) is 24.5 Å². The van der Waals surface area contributed by atoms with Crippen molar-refractivity contribution in [3.05, 3.63) is 41.7 Å². The number of hydrogen-bond donors (Lipinski definition) is 1. The van der Waals surface area contributed by atoms with Gasteiger partial charge in [0.1, 0.15) is 0 Å². The van der Waals surface area contributed by atoms with E-state index < -0.39 is 5.95 Å². The fourth-order valence-electron chi connectivity index (χ4n) is 1.53. The summed E-state index contributed by atoms with van der Waals surface area (Å²) in [6.45, 7) is 2.58. The number of nitrogens with one attached hydrogen (secondary N) is 1. The summed E-state index contributed by atoms with van der Waals surface area (Å²) < 4.78 is 14.6. The standard InChI is InChI=1S/C11H13FN4/c1-8-9(7-16(2)15-8)6-14-10-3-4-13-11(12)5-10/h3-5,7H,6H2,1-2H3,(H,13,14). The molecule has 0 fully saturated rings. The highest BCUT2D eigenvalue weighted by Gasteiger charge is 2.02. The zero-order valence-corrected chi connectivity index (χ0v) is 9.24. The fraction of sp³-hybridized carbons (Fsp3) is 0.273. The van der Waals surface area contributed by atoms with Gasteiger partial charge < -0.3 is 5.32 Å². The Morgan fingerprint density at radius 1 is 1.50 bits per heavy atom. The van der Waals surface area contributed by atoms with Gasteiger partial charge in [-0.15, -0.1) is 0 Å². The SMILES string of the molecule is Cc1nn(C)cc1CNc1ccnc(F)c1. The Morgan fingerprint density at radius 2 is 2.31 bits per heavy atom. The van der Waals surface area contributed by atoms with E-state index in [1.54, 1.807) is 10.7 Å². The van der Waals surface area contributed by atoms with Crippen LogP contribution in [-0.4, -0.2) is 14.8 Å². The molecule has 0 aromatic carbocycles. The maximum atomic E-state index is 12.8. The van der Waals surface area contributed by atoms with E-state index in [1.165, 1.54) is 12.3 Å². The largest absolute Gasteiger partial charge is 0.381 e. The number of anilines is 1. The van der Waals surface area contributed by atoms with Gasteiger partial charge in [-0.25, -0.2) is 4.98 Å². The van der Waals surface area contributed by atoms with Crippen molar-refractivity contribution in [1.82, 2.24) is 14.8 Å². The molecule has 0 aliphatic heterocycles. The molecular formula is C11H13FN4. The number of halogens is 1. The van der Waals surface area contributed by atoms with Crippen molar-refractivity contribution < 1.29 is 4.39 Å². The van der Waals surface area contributed by atoms with Crippen LogP contribution in [0.25, 0.3) is 0 Å². The molecule has 0 amide bonds. The predicted octanol–water partition coefficient (Wildman–Crippen LogP) is 1.87. The van der Waals surface area contributed by atoms with E-state index in [1.807, 2.05) is 20.2 Å². The number of rotatable bonds is 3. The summed E-state index contributed by atoms with van der Waals surface area (Å²) in [5.74, 6) is -0.479. The molecule has 84 valence electrons. The highest BCUT2D eigenvalue weighted by molar-refractivity contribution is 5.42. The molecule has 4 nitrogen and oxygen atoms in total. The van der Waals surface area contributed by atoms with Gasteiger partial charge in [0.05, 0.1) is 5.69 Å². The molecular weight excluding hydrogens is 207 g/mol. The first kappa shape index (κ1) is 10.6. The van der Waals surface area contributed by atoms with Crippen molar-refractivity contribution in [1.29, 1.82) is 0 Å². The summed E-state index contributed by atoms with van der Waals surface area (Å²) in [6, 6.07) is 3.10. The van der Waals surface area contributed by atoms with Crippen LogP contribution in [0.3, 0.4) is 0 Å². The van der Waals surface area contributed by atoms with Crippen LogP contribution in [-0.2, 0) is 13.6 Å². The molecule has 0 unspecified atom stereocenters. The minimum absolute atomic E-state index is 0.479. The van der Waals surface area contributed by atoms with E-state index in [-0.39, 0.29) is 0 Å². The number of aromatic nitrogens is 3. The van der Waals surface area contributed by atoms with Crippen LogP contribution in [0, 0.1) is 12.9 Å². The molecule has 0 saturated heterocycles. The minimum Gasteiger partial charge on any atom is -0.381 e. The average Bonchev–Trinajstić information content (AvgIpc) is 2.54. The smallest absolute Gasteiger partial charge is 0.214 e. The Morgan fingerprint density at radius 3 is 2.94 bits per heavy atom. The van der Waals surface area contributed by atoms with E-state index in [0.29, 0.717) is 6.54 Å². The van der Waals surface area contributed by atoms with E-state index in [9.17, 15) is 4.39 Å². The molecule has 1 N–H and O–H groups in total. The Bertz CT molecular complexity index is 492. The summed E-state index contributed by atoms with van der Waals surface area (Å²) in [5.41, 5.74) is 2.79. The lowest BCUT2D eigenvalue weighted by Gasteiger charge is -2.04. The van der Waals surface area contributed by atoms with E-state index >= 15 is 0 Å². The van der Waals surface area contributed by atoms with E-state index in [2.05, 4.69) is 15.4 Å². The number of pyridine rings is 1. The van der Waals surface area contributed by atoms with Gasteiger partial charge in [0.15, 0.2) is 0 Å². The molecule has 0 atom stereocenters. The first-order valence-electron chi connectivity index (χ1n) is 4.99. The van der Waals surface area contributed by atoms with Crippen LogP contribution >= 0.6 is 0 Å². The van der Waals surface area contributed by atoms with Gasteiger partial charge in [-0.1, -0.05) is 0 Å². The van der Waals surface area contributed by atoms with Crippen molar-refractivity contribution in [2.45, 2.75) is 13.5 Å². The number of nitrogens with zero attached hydrogens (tertiary/aromatic N) is 3. The van der Waals surface area contributed by atoms with Crippen LogP contribution in [0.4, 0.5) is 10.1 Å². The third kappa shape index (κ3) is 2.36. The van der Waals surface area contributed by atoms with Crippen LogP contribution < -0.4 is 5.32 Å². The normalized spacial score (nSPS) is 10.4. The Kier molecular flexibility index (Phi) is 2.85. The van der Waals surface area contributed by atoms with Crippen LogP contribution in [0.1, 0.15) is 11.3 Å². The van der Waals surface area contributed by atoms with Gasteiger partial charge in [-0.3, -0.25) is 4.68 Å². The van der Waals surface area contributed by atoms with Gasteiger partial charge >= 0.3 is 0 Å². The Labute approximate surface area is 93.1 Å².